The smallest absolute Gasteiger partial charge is 0.309 e. The monoisotopic (exact) mass is 501 g/mol. The number of ether oxygens (including phenoxy) is 5. The van der Waals surface area contributed by atoms with Crippen LogP contribution in [0.2, 0.25) is 0 Å². The number of benzene rings is 1. The third-order valence-corrected chi connectivity index (χ3v) is 5.27. The Morgan fingerprint density at radius 2 is 1.69 bits per heavy atom. The van der Waals surface area contributed by atoms with Crippen LogP contribution in [0.1, 0.15) is 57.9 Å². The van der Waals surface area contributed by atoms with Crippen molar-refractivity contribution in [3.8, 4) is 17.2 Å². The quantitative estimate of drug-likeness (QED) is 0.208. The predicted octanol–water partition coefficient (Wildman–Crippen LogP) is 4.62. The van der Waals surface area contributed by atoms with Gasteiger partial charge >= 0.3 is 11.9 Å². The van der Waals surface area contributed by atoms with E-state index in [-0.39, 0.29) is 35.6 Å². The molecule has 1 aromatic carbocycles. The van der Waals surface area contributed by atoms with Gasteiger partial charge in [-0.25, -0.2) is 4.98 Å². The SMILES string of the molecule is COc1ccnc(C(=O)C[C@@H](C)C(=O)O[C@@H](CC(C)C)[C@@H](C)Oc2ccccc2)c1OCOC(C)=O. The number of nitrogens with zero attached hydrogens (tertiary/aromatic N) is 1. The molecule has 0 bridgehead atoms. The minimum atomic E-state index is -0.745. The molecule has 0 aliphatic heterocycles. The first kappa shape index (κ1) is 28.6. The second-order valence-corrected chi connectivity index (χ2v) is 8.86. The highest BCUT2D eigenvalue weighted by molar-refractivity contribution is 5.99. The molecule has 0 unspecified atom stereocenters. The average Bonchev–Trinajstić information content (AvgIpc) is 2.83. The summed E-state index contributed by atoms with van der Waals surface area (Å²) in [7, 11) is 1.41. The number of carbonyl (C=O) groups is 3. The van der Waals surface area contributed by atoms with Crippen molar-refractivity contribution in [1.29, 1.82) is 0 Å². The van der Waals surface area contributed by atoms with Crippen molar-refractivity contribution in [1.82, 2.24) is 4.98 Å². The second-order valence-electron chi connectivity index (χ2n) is 8.86. The number of ketones is 1. The van der Waals surface area contributed by atoms with Gasteiger partial charge in [-0.1, -0.05) is 39.0 Å². The Balaban J connectivity index is 2.09. The number of para-hydroxylation sites is 1. The van der Waals surface area contributed by atoms with E-state index in [1.54, 1.807) is 6.92 Å². The molecule has 0 aliphatic rings. The topological polar surface area (TPSA) is 110 Å². The summed E-state index contributed by atoms with van der Waals surface area (Å²) in [6.07, 6.45) is 0.961. The Morgan fingerprint density at radius 3 is 2.31 bits per heavy atom. The van der Waals surface area contributed by atoms with Crippen molar-refractivity contribution in [2.75, 3.05) is 13.9 Å². The van der Waals surface area contributed by atoms with Crippen LogP contribution in [0.15, 0.2) is 42.6 Å². The number of pyridine rings is 1. The van der Waals surface area contributed by atoms with Crippen LogP contribution in [0.5, 0.6) is 17.2 Å². The van der Waals surface area contributed by atoms with E-state index in [0.29, 0.717) is 12.2 Å². The molecule has 2 rings (SSSR count). The van der Waals surface area contributed by atoms with E-state index in [1.165, 1.54) is 26.3 Å². The molecule has 196 valence electrons. The maximum absolute atomic E-state index is 13.0. The van der Waals surface area contributed by atoms with Gasteiger partial charge in [0.15, 0.2) is 23.0 Å². The van der Waals surface area contributed by atoms with E-state index >= 15 is 0 Å². The molecular formula is C27H35NO8. The van der Waals surface area contributed by atoms with Gasteiger partial charge < -0.3 is 23.7 Å². The first-order chi connectivity index (χ1) is 17.1. The summed E-state index contributed by atoms with van der Waals surface area (Å²) in [4.78, 5) is 41.2. The molecule has 0 radical (unpaired) electrons. The fourth-order valence-corrected chi connectivity index (χ4v) is 3.41. The molecule has 1 aromatic heterocycles. The number of hydrogen-bond donors (Lipinski definition) is 0. The molecule has 0 fully saturated rings. The maximum Gasteiger partial charge on any atom is 0.309 e. The minimum absolute atomic E-state index is 0.0272. The average molecular weight is 502 g/mol. The lowest BCUT2D eigenvalue weighted by molar-refractivity contribution is -0.159. The molecule has 0 saturated heterocycles. The Morgan fingerprint density at radius 1 is 1.00 bits per heavy atom. The van der Waals surface area contributed by atoms with Crippen LogP contribution in [0.4, 0.5) is 0 Å². The van der Waals surface area contributed by atoms with E-state index in [1.807, 2.05) is 51.1 Å². The number of hydrogen-bond acceptors (Lipinski definition) is 9. The second kappa shape index (κ2) is 14.1. The summed E-state index contributed by atoms with van der Waals surface area (Å²) in [5.74, 6) is -1.00. The summed E-state index contributed by atoms with van der Waals surface area (Å²) in [6.45, 7) is 8.38. The molecule has 1 heterocycles. The Labute approximate surface area is 212 Å². The third-order valence-electron chi connectivity index (χ3n) is 5.27. The molecule has 0 amide bonds. The molecule has 0 aliphatic carbocycles. The fourth-order valence-electron chi connectivity index (χ4n) is 3.41. The first-order valence-corrected chi connectivity index (χ1v) is 11.9. The summed E-state index contributed by atoms with van der Waals surface area (Å²) >= 11 is 0. The van der Waals surface area contributed by atoms with E-state index < -0.39 is 36.5 Å². The summed E-state index contributed by atoms with van der Waals surface area (Å²) in [5.41, 5.74) is -0.0272. The van der Waals surface area contributed by atoms with Crippen molar-refractivity contribution in [3.05, 3.63) is 48.3 Å². The summed E-state index contributed by atoms with van der Waals surface area (Å²) in [6, 6.07) is 10.8. The largest absolute Gasteiger partial charge is 0.493 e. The zero-order valence-corrected chi connectivity index (χ0v) is 21.7. The van der Waals surface area contributed by atoms with Crippen molar-refractivity contribution in [2.45, 2.75) is 59.7 Å². The Kier molecular flexibility index (Phi) is 11.2. The summed E-state index contributed by atoms with van der Waals surface area (Å²) < 4.78 is 27.3. The van der Waals surface area contributed by atoms with Crippen LogP contribution in [0, 0.1) is 11.8 Å². The number of aromatic nitrogens is 1. The van der Waals surface area contributed by atoms with E-state index in [2.05, 4.69) is 4.98 Å². The van der Waals surface area contributed by atoms with Gasteiger partial charge in [0.2, 0.25) is 6.79 Å². The molecule has 0 N–H and O–H groups in total. The van der Waals surface area contributed by atoms with Crippen LogP contribution >= 0.6 is 0 Å². The standard InChI is InChI=1S/C27H35NO8/c1-17(2)14-24(19(4)35-21-10-8-7-9-11-21)36-27(31)18(3)15-22(30)25-26(34-16-33-20(5)29)23(32-6)12-13-28-25/h7-13,17-19,24H,14-16H2,1-6H3/t18-,19-,24+/m1/s1. The minimum Gasteiger partial charge on any atom is -0.493 e. The highest BCUT2D eigenvalue weighted by Gasteiger charge is 2.29. The van der Waals surface area contributed by atoms with Crippen molar-refractivity contribution < 1.29 is 38.1 Å². The Hall–Kier alpha value is -3.62. The number of rotatable bonds is 14. The molecule has 2 aromatic rings. The highest BCUT2D eigenvalue weighted by Crippen LogP contribution is 2.31. The van der Waals surface area contributed by atoms with Crippen LogP contribution in [0.25, 0.3) is 0 Å². The van der Waals surface area contributed by atoms with Crippen LogP contribution in [-0.4, -0.2) is 48.8 Å². The molecule has 3 atom stereocenters. The molecule has 9 heteroatoms. The number of Topliss-reactive ketones (excluding diaryl/α,β-unsaturated/α-hetero) is 1. The molecule has 9 nitrogen and oxygen atoms in total. The van der Waals surface area contributed by atoms with Gasteiger partial charge in [0.05, 0.1) is 13.0 Å². The van der Waals surface area contributed by atoms with Gasteiger partial charge in [-0.2, -0.15) is 0 Å². The lowest BCUT2D eigenvalue weighted by Gasteiger charge is -2.27. The van der Waals surface area contributed by atoms with Crippen molar-refractivity contribution in [2.24, 2.45) is 11.8 Å². The van der Waals surface area contributed by atoms with Gasteiger partial charge in [-0.05, 0) is 31.4 Å². The van der Waals surface area contributed by atoms with Gasteiger partial charge in [-0.15, -0.1) is 0 Å². The Bertz CT molecular complexity index is 1010. The fraction of sp³-hybridized carbons (Fsp3) is 0.481. The molecule has 0 saturated carbocycles. The van der Waals surface area contributed by atoms with E-state index in [0.717, 1.165) is 0 Å². The normalized spacial score (nSPS) is 13.3. The van der Waals surface area contributed by atoms with Gasteiger partial charge in [-0.3, -0.25) is 14.4 Å². The zero-order chi connectivity index (χ0) is 26.7. The maximum atomic E-state index is 13.0. The lowest BCUT2D eigenvalue weighted by Crippen LogP contribution is -2.36. The molecule has 36 heavy (non-hydrogen) atoms. The summed E-state index contributed by atoms with van der Waals surface area (Å²) in [5, 5.41) is 0. The van der Waals surface area contributed by atoms with Gasteiger partial charge in [0, 0.05) is 25.6 Å². The lowest BCUT2D eigenvalue weighted by atomic mass is 10.00. The molecule has 0 spiro atoms. The number of carbonyl (C=O) groups excluding carboxylic acids is 3. The van der Waals surface area contributed by atoms with Gasteiger partial charge in [0.1, 0.15) is 18.0 Å². The van der Waals surface area contributed by atoms with E-state index in [9.17, 15) is 14.4 Å². The van der Waals surface area contributed by atoms with Gasteiger partial charge in [0.25, 0.3) is 0 Å². The van der Waals surface area contributed by atoms with Crippen LogP contribution < -0.4 is 14.2 Å². The van der Waals surface area contributed by atoms with E-state index in [4.69, 9.17) is 23.7 Å². The predicted molar refractivity (Wildman–Crippen MR) is 132 cm³/mol. The highest BCUT2D eigenvalue weighted by atomic mass is 16.7. The van der Waals surface area contributed by atoms with Crippen LogP contribution in [0.3, 0.4) is 0 Å². The zero-order valence-electron chi connectivity index (χ0n) is 21.7. The van der Waals surface area contributed by atoms with Crippen molar-refractivity contribution in [3.63, 3.8) is 0 Å². The number of methoxy groups -OCH3 is 1. The molecular weight excluding hydrogens is 466 g/mol. The third kappa shape index (κ3) is 8.87. The number of esters is 2. The van der Waals surface area contributed by atoms with Crippen LogP contribution in [-0.2, 0) is 19.1 Å². The first-order valence-electron chi connectivity index (χ1n) is 11.9. The van der Waals surface area contributed by atoms with Crippen molar-refractivity contribution >= 4 is 17.7 Å².